The molecule has 3 rings (SSSR count). The number of nitrogens with zero attached hydrogens (tertiary/aromatic N) is 3. The first-order valence-electron chi connectivity index (χ1n) is 8.77. The average molecular weight is 361 g/mol. The van der Waals surface area contributed by atoms with Crippen LogP contribution in [0.4, 0.5) is 0 Å². The second-order valence-electron chi connectivity index (χ2n) is 6.76. The van der Waals surface area contributed by atoms with Crippen molar-refractivity contribution in [2.24, 2.45) is 5.92 Å². The summed E-state index contributed by atoms with van der Waals surface area (Å²) < 4.78 is 1.82. The smallest absolute Gasteiger partial charge is 0.253 e. The zero-order chi connectivity index (χ0) is 18.0. The Labute approximate surface area is 154 Å². The zero-order valence-electron chi connectivity index (χ0n) is 15.1. The molecule has 6 heteroatoms. The van der Waals surface area contributed by atoms with Crippen molar-refractivity contribution >= 4 is 17.5 Å². The number of aryl methyl sites for hydroxylation is 1. The van der Waals surface area contributed by atoms with Gasteiger partial charge in [-0.1, -0.05) is 11.6 Å². The van der Waals surface area contributed by atoms with Gasteiger partial charge in [0, 0.05) is 18.7 Å². The van der Waals surface area contributed by atoms with Crippen molar-refractivity contribution in [1.29, 1.82) is 0 Å². The summed E-state index contributed by atoms with van der Waals surface area (Å²) >= 11 is 6.22. The Morgan fingerprint density at radius 2 is 2.04 bits per heavy atom. The van der Waals surface area contributed by atoms with Crippen molar-refractivity contribution < 1.29 is 4.79 Å². The molecule has 1 unspecified atom stereocenters. The lowest BCUT2D eigenvalue weighted by Gasteiger charge is -2.32. The number of halogens is 1. The van der Waals surface area contributed by atoms with Crippen molar-refractivity contribution in [1.82, 2.24) is 20.0 Å². The van der Waals surface area contributed by atoms with Crippen LogP contribution in [-0.4, -0.2) is 47.3 Å². The van der Waals surface area contributed by atoms with E-state index in [1.807, 2.05) is 54.7 Å². The van der Waals surface area contributed by atoms with E-state index in [1.165, 1.54) is 6.42 Å². The normalized spacial score (nSPS) is 17.8. The summed E-state index contributed by atoms with van der Waals surface area (Å²) in [5, 5.41) is 8.36. The van der Waals surface area contributed by atoms with Gasteiger partial charge in [0.25, 0.3) is 5.91 Å². The highest BCUT2D eigenvalue weighted by molar-refractivity contribution is 6.31. The molecule has 1 aromatic heterocycles. The first-order valence-corrected chi connectivity index (χ1v) is 9.15. The molecule has 134 valence electrons. The maximum Gasteiger partial charge on any atom is 0.253 e. The molecule has 5 nitrogen and oxygen atoms in total. The quantitative estimate of drug-likeness (QED) is 0.910. The van der Waals surface area contributed by atoms with Gasteiger partial charge in [-0.15, -0.1) is 0 Å². The number of carbonyl (C=O) groups excluding carboxylic acids is 1. The second-order valence-corrected chi connectivity index (χ2v) is 7.14. The van der Waals surface area contributed by atoms with E-state index in [-0.39, 0.29) is 5.91 Å². The third-order valence-electron chi connectivity index (χ3n) is 4.86. The number of likely N-dealkylation sites (tertiary alicyclic amines) is 1. The van der Waals surface area contributed by atoms with E-state index in [0.29, 0.717) is 10.9 Å². The third-order valence-corrected chi connectivity index (χ3v) is 5.41. The molecule has 1 aromatic carbocycles. The summed E-state index contributed by atoms with van der Waals surface area (Å²) in [5.74, 6) is 0.651. The number of nitrogens with one attached hydrogen (secondary N) is 1. The molecule has 1 atom stereocenters. The monoisotopic (exact) mass is 360 g/mol. The molecule has 0 spiro atoms. The minimum absolute atomic E-state index is 0.110. The molecular formula is C19H25ClN4O. The van der Waals surface area contributed by atoms with Crippen molar-refractivity contribution in [2.45, 2.75) is 26.7 Å². The Balaban J connectivity index is 1.75. The van der Waals surface area contributed by atoms with E-state index in [2.05, 4.69) is 10.4 Å². The Bertz CT molecular complexity index is 752. The molecule has 0 radical (unpaired) electrons. The molecule has 1 fully saturated rings. The second kappa shape index (κ2) is 7.58. The first-order chi connectivity index (χ1) is 12.0. The summed E-state index contributed by atoms with van der Waals surface area (Å²) in [6.45, 7) is 6.46. The predicted octanol–water partition coefficient (Wildman–Crippen LogP) is 3.21. The van der Waals surface area contributed by atoms with Gasteiger partial charge >= 0.3 is 0 Å². The van der Waals surface area contributed by atoms with Gasteiger partial charge in [0.1, 0.15) is 0 Å². The van der Waals surface area contributed by atoms with Gasteiger partial charge in [-0.05, 0) is 70.5 Å². The van der Waals surface area contributed by atoms with Gasteiger partial charge in [0.2, 0.25) is 0 Å². The molecular weight excluding hydrogens is 336 g/mol. The Hall–Kier alpha value is -1.85. The maximum absolute atomic E-state index is 12.8. The van der Waals surface area contributed by atoms with Crippen LogP contribution in [0.2, 0.25) is 5.02 Å². The number of hydrogen-bond acceptors (Lipinski definition) is 3. The highest BCUT2D eigenvalue weighted by Gasteiger charge is 2.24. The Kier molecular flexibility index (Phi) is 5.45. The van der Waals surface area contributed by atoms with Gasteiger partial charge in [-0.2, -0.15) is 5.10 Å². The van der Waals surface area contributed by atoms with Gasteiger partial charge in [-0.25, -0.2) is 4.68 Å². The van der Waals surface area contributed by atoms with Crippen LogP contribution < -0.4 is 5.32 Å². The number of hydrogen-bond donors (Lipinski definition) is 1. The fourth-order valence-corrected chi connectivity index (χ4v) is 3.63. The average Bonchev–Trinajstić information content (AvgIpc) is 2.89. The topological polar surface area (TPSA) is 50.2 Å². The van der Waals surface area contributed by atoms with Crippen molar-refractivity contribution in [3.8, 4) is 5.69 Å². The van der Waals surface area contributed by atoms with Crippen LogP contribution >= 0.6 is 11.6 Å². The standard InChI is InChI=1S/C19H25ClN4O/c1-13-18(20)14(2)24(22-13)17-8-6-16(7-9-17)19(25)23-10-4-5-15(12-23)11-21-3/h6-9,15,21H,4-5,10-12H2,1-3H3. The van der Waals surface area contributed by atoms with Crippen molar-refractivity contribution in [3.05, 3.63) is 46.2 Å². The predicted molar refractivity (Wildman–Crippen MR) is 101 cm³/mol. The maximum atomic E-state index is 12.8. The number of benzene rings is 1. The minimum Gasteiger partial charge on any atom is -0.338 e. The first kappa shape index (κ1) is 18.0. The van der Waals surface area contributed by atoms with Crippen LogP contribution in [0, 0.1) is 19.8 Å². The molecule has 2 heterocycles. The summed E-state index contributed by atoms with van der Waals surface area (Å²) in [4.78, 5) is 14.8. The molecule has 1 saturated heterocycles. The van der Waals surface area contributed by atoms with E-state index < -0.39 is 0 Å². The molecule has 0 aliphatic carbocycles. The Morgan fingerprint density at radius 3 is 2.64 bits per heavy atom. The summed E-state index contributed by atoms with van der Waals surface area (Å²) in [6.07, 6.45) is 2.25. The van der Waals surface area contributed by atoms with Crippen LogP contribution in [0.3, 0.4) is 0 Å². The zero-order valence-corrected chi connectivity index (χ0v) is 15.8. The summed E-state index contributed by atoms with van der Waals surface area (Å²) in [5.41, 5.74) is 3.35. The lowest BCUT2D eigenvalue weighted by atomic mass is 9.97. The van der Waals surface area contributed by atoms with E-state index in [0.717, 1.165) is 48.7 Å². The molecule has 0 bridgehead atoms. The number of rotatable bonds is 4. The largest absolute Gasteiger partial charge is 0.338 e. The van der Waals surface area contributed by atoms with Gasteiger partial charge in [0.05, 0.1) is 22.1 Å². The number of amides is 1. The number of piperidine rings is 1. The minimum atomic E-state index is 0.110. The number of carbonyl (C=O) groups is 1. The van der Waals surface area contributed by atoms with Crippen LogP contribution in [0.15, 0.2) is 24.3 Å². The van der Waals surface area contributed by atoms with Crippen molar-refractivity contribution in [2.75, 3.05) is 26.7 Å². The van der Waals surface area contributed by atoms with Crippen LogP contribution in [0.1, 0.15) is 34.6 Å². The summed E-state index contributed by atoms with van der Waals surface area (Å²) in [6, 6.07) is 7.61. The molecule has 1 amide bonds. The summed E-state index contributed by atoms with van der Waals surface area (Å²) in [7, 11) is 1.96. The SMILES string of the molecule is CNCC1CCCN(C(=O)c2ccc(-n3nc(C)c(Cl)c3C)cc2)C1. The van der Waals surface area contributed by atoms with E-state index in [4.69, 9.17) is 11.6 Å². The van der Waals surface area contributed by atoms with Gasteiger partial charge in [-0.3, -0.25) is 4.79 Å². The lowest BCUT2D eigenvalue weighted by Crippen LogP contribution is -2.42. The van der Waals surface area contributed by atoms with E-state index in [9.17, 15) is 4.79 Å². The molecule has 1 aliphatic rings. The molecule has 0 saturated carbocycles. The highest BCUT2D eigenvalue weighted by atomic mass is 35.5. The van der Waals surface area contributed by atoms with Crippen LogP contribution in [-0.2, 0) is 0 Å². The highest BCUT2D eigenvalue weighted by Crippen LogP contribution is 2.23. The van der Waals surface area contributed by atoms with E-state index in [1.54, 1.807) is 0 Å². The molecule has 1 N–H and O–H groups in total. The fraction of sp³-hybridized carbons (Fsp3) is 0.474. The number of aromatic nitrogens is 2. The molecule has 25 heavy (non-hydrogen) atoms. The van der Waals surface area contributed by atoms with Crippen LogP contribution in [0.25, 0.3) is 5.69 Å². The third kappa shape index (κ3) is 3.72. The lowest BCUT2D eigenvalue weighted by molar-refractivity contribution is 0.0674. The van der Waals surface area contributed by atoms with Gasteiger partial charge < -0.3 is 10.2 Å². The fourth-order valence-electron chi connectivity index (χ4n) is 3.51. The Morgan fingerprint density at radius 1 is 1.32 bits per heavy atom. The van der Waals surface area contributed by atoms with Crippen molar-refractivity contribution in [3.63, 3.8) is 0 Å². The van der Waals surface area contributed by atoms with Crippen LogP contribution in [0.5, 0.6) is 0 Å². The van der Waals surface area contributed by atoms with E-state index >= 15 is 0 Å². The van der Waals surface area contributed by atoms with Gasteiger partial charge in [0.15, 0.2) is 0 Å². The molecule has 2 aromatic rings. The molecule has 1 aliphatic heterocycles.